The van der Waals surface area contributed by atoms with E-state index in [0.29, 0.717) is 24.3 Å². The Hall–Kier alpha value is -2.18. The van der Waals surface area contributed by atoms with Gasteiger partial charge in [-0.25, -0.2) is 8.42 Å². The van der Waals surface area contributed by atoms with E-state index in [1.54, 1.807) is 32.0 Å². The first-order valence-electron chi connectivity index (χ1n) is 7.87. The Morgan fingerprint density at radius 1 is 1.00 bits per heavy atom. The Bertz CT molecular complexity index is 810. The molecule has 2 rings (SSSR count). The fourth-order valence-electron chi connectivity index (χ4n) is 2.45. The molecule has 0 fully saturated rings. The molecule has 0 saturated carbocycles. The van der Waals surface area contributed by atoms with Crippen molar-refractivity contribution < 1.29 is 13.2 Å². The number of hydrogen-bond donors (Lipinski definition) is 1. The largest absolute Gasteiger partial charge is 0.322 e. The Labute approximate surface area is 143 Å². The van der Waals surface area contributed by atoms with Crippen molar-refractivity contribution in [1.82, 2.24) is 4.31 Å². The highest BCUT2D eigenvalue weighted by molar-refractivity contribution is 7.89. The minimum absolute atomic E-state index is 0.215. The molecule has 0 saturated heterocycles. The number of benzene rings is 2. The first-order chi connectivity index (χ1) is 11.4. The molecule has 0 atom stereocenters. The molecule has 0 unspecified atom stereocenters. The molecule has 0 bridgehead atoms. The highest BCUT2D eigenvalue weighted by Crippen LogP contribution is 2.19. The Kier molecular flexibility index (Phi) is 5.75. The zero-order valence-corrected chi connectivity index (χ0v) is 14.9. The summed E-state index contributed by atoms with van der Waals surface area (Å²) in [6.07, 6.45) is 0. The summed E-state index contributed by atoms with van der Waals surface area (Å²) in [6.45, 7) is 6.32. The van der Waals surface area contributed by atoms with E-state index < -0.39 is 10.0 Å². The lowest BCUT2D eigenvalue weighted by atomic mass is 10.1. The zero-order chi connectivity index (χ0) is 17.7. The monoisotopic (exact) mass is 346 g/mol. The fourth-order valence-corrected chi connectivity index (χ4v) is 3.91. The maximum atomic E-state index is 12.4. The normalized spacial score (nSPS) is 11.5. The number of amides is 1. The van der Waals surface area contributed by atoms with Gasteiger partial charge in [0.1, 0.15) is 0 Å². The average Bonchev–Trinajstić information content (AvgIpc) is 2.56. The second-order valence-electron chi connectivity index (χ2n) is 5.38. The highest BCUT2D eigenvalue weighted by Gasteiger charge is 2.21. The first kappa shape index (κ1) is 18.2. The van der Waals surface area contributed by atoms with Crippen LogP contribution in [0, 0.1) is 6.92 Å². The van der Waals surface area contributed by atoms with Crippen LogP contribution >= 0.6 is 0 Å². The van der Waals surface area contributed by atoms with Crippen LogP contribution in [0.2, 0.25) is 0 Å². The zero-order valence-electron chi connectivity index (χ0n) is 14.1. The van der Waals surface area contributed by atoms with Gasteiger partial charge in [-0.15, -0.1) is 0 Å². The third kappa shape index (κ3) is 3.83. The third-order valence-electron chi connectivity index (χ3n) is 3.85. The molecule has 1 amide bonds. The molecular weight excluding hydrogens is 324 g/mol. The molecule has 0 aliphatic heterocycles. The number of sulfonamides is 1. The number of aryl methyl sites for hydroxylation is 1. The van der Waals surface area contributed by atoms with Crippen molar-refractivity contribution in [1.29, 1.82) is 0 Å². The second-order valence-corrected chi connectivity index (χ2v) is 7.32. The molecule has 0 spiro atoms. The van der Waals surface area contributed by atoms with Crippen LogP contribution in [0.15, 0.2) is 53.4 Å². The standard InChI is InChI=1S/C18H22N2O3S/c1-4-20(5-2)24(22,23)16-12-10-15(11-13-16)19-18(21)17-9-7-6-8-14(17)3/h6-13H,4-5H2,1-3H3,(H,19,21). The van der Waals surface area contributed by atoms with Gasteiger partial charge in [0.05, 0.1) is 4.90 Å². The smallest absolute Gasteiger partial charge is 0.255 e. The third-order valence-corrected chi connectivity index (χ3v) is 5.91. The SMILES string of the molecule is CCN(CC)S(=O)(=O)c1ccc(NC(=O)c2ccccc2C)cc1. The molecular formula is C18H22N2O3S. The molecule has 0 aliphatic rings. The van der Waals surface area contributed by atoms with E-state index in [1.165, 1.54) is 16.4 Å². The average molecular weight is 346 g/mol. The van der Waals surface area contributed by atoms with Gasteiger partial charge in [-0.1, -0.05) is 32.0 Å². The van der Waals surface area contributed by atoms with Crippen LogP contribution in [-0.2, 0) is 10.0 Å². The maximum absolute atomic E-state index is 12.4. The molecule has 0 radical (unpaired) electrons. The summed E-state index contributed by atoms with van der Waals surface area (Å²) in [5.41, 5.74) is 2.04. The van der Waals surface area contributed by atoms with Crippen molar-refractivity contribution in [3.8, 4) is 0 Å². The van der Waals surface area contributed by atoms with Gasteiger partial charge in [-0.05, 0) is 42.8 Å². The number of nitrogens with one attached hydrogen (secondary N) is 1. The molecule has 1 N–H and O–H groups in total. The lowest BCUT2D eigenvalue weighted by Crippen LogP contribution is -2.30. The van der Waals surface area contributed by atoms with Crippen molar-refractivity contribution in [3.05, 3.63) is 59.7 Å². The number of nitrogens with zero attached hydrogens (tertiary/aromatic N) is 1. The van der Waals surface area contributed by atoms with E-state index in [-0.39, 0.29) is 10.8 Å². The van der Waals surface area contributed by atoms with Gasteiger partial charge in [0.15, 0.2) is 0 Å². The van der Waals surface area contributed by atoms with Crippen molar-refractivity contribution in [2.75, 3.05) is 18.4 Å². The summed E-state index contributed by atoms with van der Waals surface area (Å²) >= 11 is 0. The Balaban J connectivity index is 2.18. The highest BCUT2D eigenvalue weighted by atomic mass is 32.2. The summed E-state index contributed by atoms with van der Waals surface area (Å²) in [5.74, 6) is -0.215. The molecule has 0 aromatic heterocycles. The first-order valence-corrected chi connectivity index (χ1v) is 9.31. The number of anilines is 1. The molecule has 2 aromatic carbocycles. The number of hydrogen-bond acceptors (Lipinski definition) is 3. The van der Waals surface area contributed by atoms with Gasteiger partial charge in [-0.2, -0.15) is 4.31 Å². The quantitative estimate of drug-likeness (QED) is 0.873. The van der Waals surface area contributed by atoms with E-state index in [2.05, 4.69) is 5.32 Å². The topological polar surface area (TPSA) is 66.5 Å². The van der Waals surface area contributed by atoms with Crippen LogP contribution in [0.1, 0.15) is 29.8 Å². The number of carbonyl (C=O) groups excluding carboxylic acids is 1. The number of carbonyl (C=O) groups is 1. The summed E-state index contributed by atoms with van der Waals surface area (Å²) < 4.78 is 26.3. The Morgan fingerprint density at radius 3 is 2.12 bits per heavy atom. The second kappa shape index (κ2) is 7.59. The summed E-state index contributed by atoms with van der Waals surface area (Å²) in [6, 6.07) is 13.5. The minimum Gasteiger partial charge on any atom is -0.322 e. The molecule has 6 heteroatoms. The summed E-state index contributed by atoms with van der Waals surface area (Å²) in [7, 11) is -3.48. The number of rotatable bonds is 6. The predicted molar refractivity (Wildman–Crippen MR) is 95.7 cm³/mol. The van der Waals surface area contributed by atoms with E-state index >= 15 is 0 Å². The lowest BCUT2D eigenvalue weighted by molar-refractivity contribution is 0.102. The van der Waals surface area contributed by atoms with Crippen LogP contribution in [-0.4, -0.2) is 31.7 Å². The van der Waals surface area contributed by atoms with Crippen LogP contribution in [0.3, 0.4) is 0 Å². The van der Waals surface area contributed by atoms with E-state index in [9.17, 15) is 13.2 Å². The summed E-state index contributed by atoms with van der Waals surface area (Å²) in [5, 5.41) is 2.79. The fraction of sp³-hybridized carbons (Fsp3) is 0.278. The van der Waals surface area contributed by atoms with Crippen molar-refractivity contribution in [3.63, 3.8) is 0 Å². The van der Waals surface area contributed by atoms with Crippen LogP contribution < -0.4 is 5.32 Å². The van der Waals surface area contributed by atoms with Crippen LogP contribution in [0.5, 0.6) is 0 Å². The lowest BCUT2D eigenvalue weighted by Gasteiger charge is -2.18. The molecule has 2 aromatic rings. The van der Waals surface area contributed by atoms with E-state index in [0.717, 1.165) is 5.56 Å². The van der Waals surface area contributed by atoms with Crippen LogP contribution in [0.25, 0.3) is 0 Å². The van der Waals surface area contributed by atoms with E-state index in [4.69, 9.17) is 0 Å². The van der Waals surface area contributed by atoms with Gasteiger partial charge in [0.25, 0.3) is 5.91 Å². The van der Waals surface area contributed by atoms with E-state index in [1.807, 2.05) is 25.1 Å². The molecule has 0 heterocycles. The van der Waals surface area contributed by atoms with Gasteiger partial charge < -0.3 is 5.32 Å². The minimum atomic E-state index is -3.48. The Morgan fingerprint density at radius 2 is 1.58 bits per heavy atom. The maximum Gasteiger partial charge on any atom is 0.255 e. The van der Waals surface area contributed by atoms with Crippen LogP contribution in [0.4, 0.5) is 5.69 Å². The van der Waals surface area contributed by atoms with Crippen molar-refractivity contribution >= 4 is 21.6 Å². The molecule has 128 valence electrons. The predicted octanol–water partition coefficient (Wildman–Crippen LogP) is 3.28. The van der Waals surface area contributed by atoms with Gasteiger partial charge in [0, 0.05) is 24.3 Å². The molecule has 5 nitrogen and oxygen atoms in total. The van der Waals surface area contributed by atoms with Gasteiger partial charge in [0.2, 0.25) is 10.0 Å². The van der Waals surface area contributed by atoms with Gasteiger partial charge in [-0.3, -0.25) is 4.79 Å². The molecule has 24 heavy (non-hydrogen) atoms. The van der Waals surface area contributed by atoms with Crippen molar-refractivity contribution in [2.45, 2.75) is 25.7 Å². The summed E-state index contributed by atoms with van der Waals surface area (Å²) in [4.78, 5) is 12.5. The molecule has 0 aliphatic carbocycles. The van der Waals surface area contributed by atoms with Gasteiger partial charge >= 0.3 is 0 Å². The van der Waals surface area contributed by atoms with Crippen molar-refractivity contribution in [2.24, 2.45) is 0 Å².